The van der Waals surface area contributed by atoms with Crippen LogP contribution < -0.4 is 16.6 Å². The Labute approximate surface area is 129 Å². The summed E-state index contributed by atoms with van der Waals surface area (Å²) in [6.45, 7) is 5.30. The van der Waals surface area contributed by atoms with Gasteiger partial charge in [0, 0.05) is 12.1 Å². The highest BCUT2D eigenvalue weighted by molar-refractivity contribution is 5.56. The minimum absolute atomic E-state index is 0.714. The second-order valence-electron chi connectivity index (χ2n) is 5.45. The minimum Gasteiger partial charge on any atom is -0.370 e. The monoisotopic (exact) mass is 293 g/mol. The summed E-state index contributed by atoms with van der Waals surface area (Å²) >= 11 is 0. The van der Waals surface area contributed by atoms with Crippen molar-refractivity contribution >= 4 is 11.6 Å². The molecule has 5 nitrogen and oxygen atoms in total. The summed E-state index contributed by atoms with van der Waals surface area (Å²) in [4.78, 5) is 8.44. The number of hydrogen-bond acceptors (Lipinski definition) is 5. The van der Waals surface area contributed by atoms with Gasteiger partial charge in [-0.3, -0.25) is 0 Å². The lowest BCUT2D eigenvalue weighted by Gasteiger charge is -2.12. The summed E-state index contributed by atoms with van der Waals surface area (Å²) in [6, 6.07) is 0. The van der Waals surface area contributed by atoms with Crippen LogP contribution in [0.15, 0.2) is 6.33 Å². The summed E-state index contributed by atoms with van der Waals surface area (Å²) in [6.07, 6.45) is 13.1. The highest BCUT2D eigenvalue weighted by Crippen LogP contribution is 2.19. The van der Waals surface area contributed by atoms with Crippen molar-refractivity contribution in [3.8, 4) is 0 Å². The van der Waals surface area contributed by atoms with E-state index in [0.29, 0.717) is 5.82 Å². The Morgan fingerprint density at radius 1 is 0.905 bits per heavy atom. The van der Waals surface area contributed by atoms with Crippen LogP contribution in [0, 0.1) is 0 Å². The van der Waals surface area contributed by atoms with E-state index in [-0.39, 0.29) is 0 Å². The van der Waals surface area contributed by atoms with Gasteiger partial charge < -0.3 is 10.7 Å². The van der Waals surface area contributed by atoms with Gasteiger partial charge in [-0.15, -0.1) is 0 Å². The maximum absolute atomic E-state index is 5.47. The number of anilines is 2. The molecule has 0 unspecified atom stereocenters. The molecule has 0 aliphatic carbocycles. The Hall–Kier alpha value is -1.36. The second-order valence-corrected chi connectivity index (χ2v) is 5.45. The molecule has 0 aliphatic heterocycles. The average Bonchev–Trinajstić information content (AvgIpc) is 2.52. The zero-order valence-corrected chi connectivity index (χ0v) is 13.6. The second kappa shape index (κ2) is 11.3. The van der Waals surface area contributed by atoms with E-state index in [1.54, 1.807) is 6.33 Å². The molecule has 1 aromatic heterocycles. The molecule has 1 aromatic rings. The molecular formula is C16H31N5. The fourth-order valence-corrected chi connectivity index (χ4v) is 2.49. The van der Waals surface area contributed by atoms with Crippen LogP contribution in [0.2, 0.25) is 0 Å². The molecule has 0 fully saturated rings. The molecule has 5 heteroatoms. The van der Waals surface area contributed by atoms with E-state index in [9.17, 15) is 0 Å². The maximum atomic E-state index is 5.47. The Balaban J connectivity index is 2.18. The molecule has 0 amide bonds. The molecule has 120 valence electrons. The Morgan fingerprint density at radius 2 is 1.52 bits per heavy atom. The van der Waals surface area contributed by atoms with Crippen LogP contribution in [-0.4, -0.2) is 16.5 Å². The largest absolute Gasteiger partial charge is 0.370 e. The van der Waals surface area contributed by atoms with E-state index in [2.05, 4.69) is 34.6 Å². The molecule has 0 saturated heterocycles. The number of nitrogen functional groups attached to an aromatic ring is 1. The molecule has 4 N–H and O–H groups in total. The van der Waals surface area contributed by atoms with Crippen molar-refractivity contribution < 1.29 is 0 Å². The van der Waals surface area contributed by atoms with Crippen molar-refractivity contribution in [1.29, 1.82) is 0 Å². The Kier molecular flexibility index (Phi) is 9.53. The number of nitrogens with one attached hydrogen (secondary N) is 2. The van der Waals surface area contributed by atoms with Gasteiger partial charge in [0.1, 0.15) is 18.0 Å². The zero-order chi connectivity index (χ0) is 15.3. The van der Waals surface area contributed by atoms with Crippen LogP contribution >= 0.6 is 0 Å². The van der Waals surface area contributed by atoms with Gasteiger partial charge >= 0.3 is 0 Å². The molecule has 1 heterocycles. The number of rotatable bonds is 12. The number of hydrogen-bond donors (Lipinski definition) is 3. The van der Waals surface area contributed by atoms with Crippen molar-refractivity contribution in [1.82, 2.24) is 9.97 Å². The Bertz CT molecular complexity index is 381. The summed E-state index contributed by atoms with van der Waals surface area (Å²) in [5.74, 6) is 7.09. The molecule has 0 saturated carbocycles. The van der Waals surface area contributed by atoms with Crippen molar-refractivity contribution in [2.45, 2.75) is 71.6 Å². The summed E-state index contributed by atoms with van der Waals surface area (Å²) in [5, 5.41) is 3.40. The summed E-state index contributed by atoms with van der Waals surface area (Å²) in [7, 11) is 0. The lowest BCUT2D eigenvalue weighted by atomic mass is 10.1. The van der Waals surface area contributed by atoms with Gasteiger partial charge in [-0.25, -0.2) is 15.8 Å². The van der Waals surface area contributed by atoms with Crippen LogP contribution in [0.1, 0.15) is 70.8 Å². The quantitative estimate of drug-likeness (QED) is 0.310. The fourth-order valence-electron chi connectivity index (χ4n) is 2.49. The normalized spacial score (nSPS) is 10.6. The van der Waals surface area contributed by atoms with Gasteiger partial charge in [-0.2, -0.15) is 0 Å². The highest BCUT2D eigenvalue weighted by Gasteiger charge is 2.07. The molecule has 0 aromatic carbocycles. The molecule has 0 radical (unpaired) electrons. The standard InChI is InChI=1S/C16H31N5/c1-3-5-6-7-8-9-10-11-12-18-15-14(4-2)16(21-17)20-13-19-15/h13H,3-12,17H2,1-2H3,(H2,18,19,20,21). The van der Waals surface area contributed by atoms with Crippen molar-refractivity contribution in [3.05, 3.63) is 11.9 Å². The molecule has 21 heavy (non-hydrogen) atoms. The third-order valence-corrected chi connectivity index (χ3v) is 3.76. The van der Waals surface area contributed by atoms with E-state index in [1.807, 2.05) is 0 Å². The van der Waals surface area contributed by atoms with Crippen molar-refractivity contribution in [2.24, 2.45) is 5.84 Å². The van der Waals surface area contributed by atoms with Gasteiger partial charge in [0.15, 0.2) is 0 Å². The van der Waals surface area contributed by atoms with E-state index in [4.69, 9.17) is 5.84 Å². The molecule has 0 atom stereocenters. The predicted molar refractivity (Wildman–Crippen MR) is 90.3 cm³/mol. The number of nitrogens with zero attached hydrogens (tertiary/aromatic N) is 2. The number of nitrogens with two attached hydrogens (primary N) is 1. The van der Waals surface area contributed by atoms with Gasteiger partial charge in [0.05, 0.1) is 0 Å². The van der Waals surface area contributed by atoms with Crippen LogP contribution in [0.3, 0.4) is 0 Å². The first kappa shape index (κ1) is 17.7. The van der Waals surface area contributed by atoms with E-state index in [0.717, 1.165) is 24.3 Å². The Morgan fingerprint density at radius 3 is 2.14 bits per heavy atom. The van der Waals surface area contributed by atoms with Crippen LogP contribution in [0.4, 0.5) is 11.6 Å². The lowest BCUT2D eigenvalue weighted by molar-refractivity contribution is 0.581. The average molecular weight is 293 g/mol. The van der Waals surface area contributed by atoms with Crippen molar-refractivity contribution in [3.63, 3.8) is 0 Å². The first-order valence-electron chi connectivity index (χ1n) is 8.37. The van der Waals surface area contributed by atoms with E-state index >= 15 is 0 Å². The summed E-state index contributed by atoms with van der Waals surface area (Å²) < 4.78 is 0. The van der Waals surface area contributed by atoms with Crippen LogP contribution in [0.5, 0.6) is 0 Å². The highest BCUT2D eigenvalue weighted by atomic mass is 15.3. The van der Waals surface area contributed by atoms with Crippen LogP contribution in [0.25, 0.3) is 0 Å². The molecule has 0 aliphatic rings. The number of hydrazine groups is 1. The molecule has 0 spiro atoms. The smallest absolute Gasteiger partial charge is 0.148 e. The van der Waals surface area contributed by atoms with Crippen LogP contribution in [-0.2, 0) is 6.42 Å². The maximum Gasteiger partial charge on any atom is 0.148 e. The summed E-state index contributed by atoms with van der Waals surface area (Å²) in [5.41, 5.74) is 3.69. The zero-order valence-electron chi connectivity index (χ0n) is 13.6. The number of aromatic nitrogens is 2. The SMILES string of the molecule is CCCCCCCCCCNc1ncnc(NN)c1CC. The first-order valence-corrected chi connectivity index (χ1v) is 8.37. The molecule has 1 rings (SSSR count). The molecule has 0 bridgehead atoms. The van der Waals surface area contributed by atoms with E-state index in [1.165, 1.54) is 51.4 Å². The molecular weight excluding hydrogens is 262 g/mol. The third kappa shape index (κ3) is 6.76. The number of unbranched alkanes of at least 4 members (excludes halogenated alkanes) is 7. The van der Waals surface area contributed by atoms with Gasteiger partial charge in [0.2, 0.25) is 0 Å². The van der Waals surface area contributed by atoms with Gasteiger partial charge in [-0.1, -0.05) is 58.8 Å². The third-order valence-electron chi connectivity index (χ3n) is 3.76. The predicted octanol–water partition coefficient (Wildman–Crippen LogP) is 3.88. The lowest BCUT2D eigenvalue weighted by Crippen LogP contribution is -2.14. The minimum atomic E-state index is 0.714. The first-order chi connectivity index (χ1) is 10.3. The fraction of sp³-hybridized carbons (Fsp3) is 0.750. The van der Waals surface area contributed by atoms with Gasteiger partial charge in [-0.05, 0) is 12.8 Å². The van der Waals surface area contributed by atoms with Gasteiger partial charge in [0.25, 0.3) is 0 Å². The van der Waals surface area contributed by atoms with Crippen molar-refractivity contribution in [2.75, 3.05) is 17.3 Å². The topological polar surface area (TPSA) is 75.9 Å². The van der Waals surface area contributed by atoms with E-state index < -0.39 is 0 Å².